The summed E-state index contributed by atoms with van der Waals surface area (Å²) in [6, 6.07) is 3.56. The van der Waals surface area contributed by atoms with E-state index in [1.165, 1.54) is 0 Å². The molecule has 1 fully saturated rings. The Morgan fingerprint density at radius 3 is 3.00 bits per heavy atom. The van der Waals surface area contributed by atoms with E-state index in [1.807, 2.05) is 0 Å². The molecule has 0 spiro atoms. The molecule has 0 saturated heterocycles. The third-order valence-corrected chi connectivity index (χ3v) is 3.42. The summed E-state index contributed by atoms with van der Waals surface area (Å²) in [5, 5.41) is 2.98. The Kier molecular flexibility index (Phi) is 3.68. The second-order valence-electron chi connectivity index (χ2n) is 4.26. The lowest BCUT2D eigenvalue weighted by Crippen LogP contribution is -2.41. The van der Waals surface area contributed by atoms with Crippen LogP contribution in [-0.4, -0.2) is 21.9 Å². The van der Waals surface area contributed by atoms with Crippen molar-refractivity contribution < 1.29 is 4.79 Å². The maximum atomic E-state index is 11.9. The molecule has 1 aromatic heterocycles. The van der Waals surface area contributed by atoms with Gasteiger partial charge in [-0.2, -0.15) is 0 Å². The monoisotopic (exact) mass is 249 g/mol. The van der Waals surface area contributed by atoms with E-state index in [2.05, 4.69) is 10.3 Å². The number of pyridine rings is 1. The van der Waals surface area contributed by atoms with Crippen LogP contribution in [0.2, 0.25) is 0 Å². The number of hydrogen-bond donors (Lipinski definition) is 2. The number of carbonyl (C=O) groups is 1. The smallest absolute Gasteiger partial charge is 0.253 e. The lowest BCUT2D eigenvalue weighted by atomic mass is 10.0. The van der Waals surface area contributed by atoms with Gasteiger partial charge in [0.25, 0.3) is 5.91 Å². The van der Waals surface area contributed by atoms with Crippen LogP contribution in [0.4, 0.5) is 0 Å². The van der Waals surface area contributed by atoms with Crippen molar-refractivity contribution in [1.29, 1.82) is 0 Å². The highest BCUT2D eigenvalue weighted by molar-refractivity contribution is 7.80. The molecule has 17 heavy (non-hydrogen) atoms. The van der Waals surface area contributed by atoms with E-state index in [4.69, 9.17) is 18.0 Å². The number of carbonyl (C=O) groups excluding carboxylic acids is 1. The van der Waals surface area contributed by atoms with Gasteiger partial charge in [0.15, 0.2) is 0 Å². The normalized spacial score (nSPS) is 23.3. The second-order valence-corrected chi connectivity index (χ2v) is 4.73. The number of nitrogens with zero attached hydrogens (tertiary/aromatic N) is 1. The van der Waals surface area contributed by atoms with Crippen LogP contribution in [0.15, 0.2) is 24.5 Å². The molecular formula is C12H15N3OS. The Labute approximate surface area is 106 Å². The lowest BCUT2D eigenvalue weighted by Gasteiger charge is -2.19. The van der Waals surface area contributed by atoms with E-state index < -0.39 is 0 Å². The molecular weight excluding hydrogens is 234 g/mol. The molecule has 90 valence electrons. The molecule has 2 rings (SSSR count). The Morgan fingerprint density at radius 2 is 2.35 bits per heavy atom. The zero-order chi connectivity index (χ0) is 12.3. The number of thiocarbonyl (C=S) groups is 1. The average Bonchev–Trinajstić information content (AvgIpc) is 2.78. The van der Waals surface area contributed by atoms with Crippen molar-refractivity contribution in [1.82, 2.24) is 10.3 Å². The van der Waals surface area contributed by atoms with Gasteiger partial charge in [0, 0.05) is 24.4 Å². The molecule has 4 nitrogen and oxygen atoms in total. The number of amides is 1. The van der Waals surface area contributed by atoms with E-state index in [-0.39, 0.29) is 17.9 Å². The Morgan fingerprint density at radius 1 is 1.53 bits per heavy atom. The standard InChI is InChI=1S/C12H15N3OS/c13-11(17)9-4-1-5-10(9)15-12(16)8-3-2-6-14-7-8/h2-3,6-7,9-10H,1,4-5H2,(H2,13,17)(H,15,16). The van der Waals surface area contributed by atoms with E-state index in [9.17, 15) is 4.79 Å². The van der Waals surface area contributed by atoms with Gasteiger partial charge in [-0.05, 0) is 25.0 Å². The summed E-state index contributed by atoms with van der Waals surface area (Å²) < 4.78 is 0. The number of rotatable bonds is 3. The van der Waals surface area contributed by atoms with Crippen LogP contribution in [-0.2, 0) is 0 Å². The topological polar surface area (TPSA) is 68.0 Å². The number of aromatic nitrogens is 1. The highest BCUT2D eigenvalue weighted by Gasteiger charge is 2.30. The lowest BCUT2D eigenvalue weighted by molar-refractivity contribution is 0.0933. The summed E-state index contributed by atoms with van der Waals surface area (Å²) >= 11 is 5.02. The molecule has 3 N–H and O–H groups in total. The first-order valence-electron chi connectivity index (χ1n) is 5.68. The molecule has 1 saturated carbocycles. The van der Waals surface area contributed by atoms with Gasteiger partial charge in [0.05, 0.1) is 10.6 Å². The fraction of sp³-hybridized carbons (Fsp3) is 0.417. The zero-order valence-electron chi connectivity index (χ0n) is 9.43. The maximum Gasteiger partial charge on any atom is 0.253 e. The fourth-order valence-corrected chi connectivity index (χ4v) is 2.50. The minimum absolute atomic E-state index is 0.0696. The largest absolute Gasteiger partial charge is 0.393 e. The van der Waals surface area contributed by atoms with Crippen molar-refractivity contribution >= 4 is 23.1 Å². The summed E-state index contributed by atoms with van der Waals surface area (Å²) in [7, 11) is 0. The molecule has 0 aliphatic heterocycles. The van der Waals surface area contributed by atoms with E-state index in [0.717, 1.165) is 19.3 Å². The van der Waals surface area contributed by atoms with Crippen molar-refractivity contribution in [2.45, 2.75) is 25.3 Å². The van der Waals surface area contributed by atoms with Crippen LogP contribution < -0.4 is 11.1 Å². The summed E-state index contributed by atoms with van der Waals surface area (Å²) in [5.41, 5.74) is 6.24. The summed E-state index contributed by atoms with van der Waals surface area (Å²) in [6.45, 7) is 0. The van der Waals surface area contributed by atoms with Gasteiger partial charge in [0.2, 0.25) is 0 Å². The molecule has 0 bridgehead atoms. The van der Waals surface area contributed by atoms with Crippen LogP contribution in [0.3, 0.4) is 0 Å². The van der Waals surface area contributed by atoms with E-state index in [1.54, 1.807) is 24.5 Å². The van der Waals surface area contributed by atoms with Crippen LogP contribution in [0.25, 0.3) is 0 Å². The van der Waals surface area contributed by atoms with Crippen LogP contribution in [0.5, 0.6) is 0 Å². The van der Waals surface area contributed by atoms with Gasteiger partial charge < -0.3 is 11.1 Å². The quantitative estimate of drug-likeness (QED) is 0.792. The first-order valence-corrected chi connectivity index (χ1v) is 6.09. The van der Waals surface area contributed by atoms with Crippen molar-refractivity contribution in [2.75, 3.05) is 0 Å². The van der Waals surface area contributed by atoms with Crippen LogP contribution >= 0.6 is 12.2 Å². The predicted octanol–water partition coefficient (Wildman–Crippen LogP) is 1.27. The van der Waals surface area contributed by atoms with Crippen LogP contribution in [0, 0.1) is 5.92 Å². The molecule has 1 amide bonds. The molecule has 1 aromatic rings. The third-order valence-electron chi connectivity index (χ3n) is 3.12. The third kappa shape index (κ3) is 2.79. The number of nitrogens with one attached hydrogen (secondary N) is 1. The molecule has 1 aliphatic carbocycles. The molecule has 0 aromatic carbocycles. The first kappa shape index (κ1) is 12.0. The van der Waals surface area contributed by atoms with Crippen molar-refractivity contribution in [3.63, 3.8) is 0 Å². The molecule has 1 heterocycles. The molecule has 5 heteroatoms. The SMILES string of the molecule is NC(=S)C1CCCC1NC(=O)c1cccnc1. The maximum absolute atomic E-state index is 11.9. The van der Waals surface area contributed by atoms with Crippen molar-refractivity contribution in [3.05, 3.63) is 30.1 Å². The molecule has 2 atom stereocenters. The second kappa shape index (κ2) is 5.23. The van der Waals surface area contributed by atoms with Crippen molar-refractivity contribution in [3.8, 4) is 0 Å². The van der Waals surface area contributed by atoms with Gasteiger partial charge in [0.1, 0.15) is 0 Å². The number of nitrogens with two attached hydrogens (primary N) is 1. The summed E-state index contributed by atoms with van der Waals surface area (Å²) in [5.74, 6) is 0.0249. The van der Waals surface area contributed by atoms with Gasteiger partial charge >= 0.3 is 0 Å². The van der Waals surface area contributed by atoms with Gasteiger partial charge in [-0.25, -0.2) is 0 Å². The predicted molar refractivity (Wildman–Crippen MR) is 69.6 cm³/mol. The fourth-order valence-electron chi connectivity index (χ4n) is 2.22. The molecule has 2 unspecified atom stereocenters. The van der Waals surface area contributed by atoms with Crippen molar-refractivity contribution in [2.24, 2.45) is 11.7 Å². The molecule has 0 radical (unpaired) electrons. The Balaban J connectivity index is 2.02. The van der Waals surface area contributed by atoms with Gasteiger partial charge in [-0.15, -0.1) is 0 Å². The van der Waals surface area contributed by atoms with Gasteiger partial charge in [-0.3, -0.25) is 9.78 Å². The summed E-state index contributed by atoms with van der Waals surface area (Å²) in [6.07, 6.45) is 6.16. The zero-order valence-corrected chi connectivity index (χ0v) is 10.2. The highest BCUT2D eigenvalue weighted by atomic mass is 32.1. The molecule has 1 aliphatic rings. The minimum atomic E-state index is -0.105. The first-order chi connectivity index (χ1) is 8.18. The Bertz CT molecular complexity index is 421. The van der Waals surface area contributed by atoms with Crippen LogP contribution in [0.1, 0.15) is 29.6 Å². The average molecular weight is 249 g/mol. The number of hydrogen-bond acceptors (Lipinski definition) is 3. The van der Waals surface area contributed by atoms with Gasteiger partial charge in [-0.1, -0.05) is 18.6 Å². The Hall–Kier alpha value is -1.49. The highest BCUT2D eigenvalue weighted by Crippen LogP contribution is 2.26. The minimum Gasteiger partial charge on any atom is -0.393 e. The van der Waals surface area contributed by atoms with E-state index >= 15 is 0 Å². The summed E-state index contributed by atoms with van der Waals surface area (Å²) in [4.78, 5) is 16.4. The van der Waals surface area contributed by atoms with E-state index in [0.29, 0.717) is 10.6 Å².